The average molecular weight is 379 g/mol. The van der Waals surface area contributed by atoms with Gasteiger partial charge in [-0.25, -0.2) is 0 Å². The number of nitrogens with zero attached hydrogens (tertiary/aromatic N) is 3. The number of fused-ring (bicyclic) bond motifs is 1. The van der Waals surface area contributed by atoms with Crippen molar-refractivity contribution >= 4 is 35.2 Å². The van der Waals surface area contributed by atoms with Crippen LogP contribution in [-0.4, -0.2) is 20.7 Å². The molecule has 1 N–H and O–H groups in total. The van der Waals surface area contributed by atoms with E-state index in [1.807, 2.05) is 6.92 Å². The van der Waals surface area contributed by atoms with E-state index in [0.29, 0.717) is 10.0 Å². The monoisotopic (exact) mass is 378 g/mol. The topological polar surface area (TPSA) is 59.8 Å². The molecule has 1 aliphatic rings. The molecular weight excluding hydrogens is 359 g/mol. The summed E-state index contributed by atoms with van der Waals surface area (Å²) >= 11 is 11.9. The highest BCUT2D eigenvalue weighted by molar-refractivity contribution is 6.34. The molecule has 25 heavy (non-hydrogen) atoms. The molecule has 0 bridgehead atoms. The predicted molar refractivity (Wildman–Crippen MR) is 99.6 cm³/mol. The Kier molecular flexibility index (Phi) is 5.76. The maximum absolute atomic E-state index is 12.2. The molecule has 1 amide bonds. The zero-order chi connectivity index (χ0) is 17.8. The Labute approximate surface area is 157 Å². The first kappa shape index (κ1) is 18.0. The van der Waals surface area contributed by atoms with E-state index >= 15 is 0 Å². The zero-order valence-corrected chi connectivity index (χ0v) is 15.5. The summed E-state index contributed by atoms with van der Waals surface area (Å²) in [7, 11) is 0. The van der Waals surface area contributed by atoms with Crippen molar-refractivity contribution in [1.29, 1.82) is 0 Å². The fourth-order valence-corrected chi connectivity index (χ4v) is 3.54. The van der Waals surface area contributed by atoms with Gasteiger partial charge in [0.05, 0.1) is 6.04 Å². The SMILES string of the molecule is CC(NC(=O)C=Cc1cc(Cl)cc(Cl)c1)c1nnc2n1CCCCC2. The molecule has 3 rings (SSSR count). The molecule has 0 fully saturated rings. The molecule has 1 aromatic carbocycles. The Hall–Kier alpha value is -1.85. The van der Waals surface area contributed by atoms with E-state index in [4.69, 9.17) is 23.2 Å². The van der Waals surface area contributed by atoms with E-state index < -0.39 is 0 Å². The quantitative estimate of drug-likeness (QED) is 0.810. The molecule has 0 aliphatic carbocycles. The maximum atomic E-state index is 12.2. The van der Waals surface area contributed by atoms with Crippen molar-refractivity contribution in [1.82, 2.24) is 20.1 Å². The normalized spacial score (nSPS) is 15.6. The van der Waals surface area contributed by atoms with Crippen LogP contribution < -0.4 is 5.32 Å². The van der Waals surface area contributed by atoms with Gasteiger partial charge in [-0.2, -0.15) is 0 Å². The van der Waals surface area contributed by atoms with Gasteiger partial charge in [-0.3, -0.25) is 4.79 Å². The van der Waals surface area contributed by atoms with Crippen molar-refractivity contribution in [3.05, 3.63) is 51.5 Å². The van der Waals surface area contributed by atoms with Crippen molar-refractivity contribution < 1.29 is 4.79 Å². The lowest BCUT2D eigenvalue weighted by molar-refractivity contribution is -0.117. The smallest absolute Gasteiger partial charge is 0.244 e. The van der Waals surface area contributed by atoms with Gasteiger partial charge in [0.25, 0.3) is 0 Å². The maximum Gasteiger partial charge on any atom is 0.244 e. The molecule has 0 saturated carbocycles. The Morgan fingerprint density at radius 2 is 1.96 bits per heavy atom. The number of halogens is 2. The standard InChI is InChI=1S/C18H20Cl2N4O/c1-12(18-23-22-16-5-3-2-4-8-24(16)18)21-17(25)7-6-13-9-14(19)11-15(20)10-13/h6-7,9-12H,2-5,8H2,1H3,(H,21,25). The zero-order valence-electron chi connectivity index (χ0n) is 14.0. The third-order valence-electron chi connectivity index (χ3n) is 4.20. The van der Waals surface area contributed by atoms with E-state index in [1.54, 1.807) is 24.3 Å². The molecule has 1 aromatic heterocycles. The summed E-state index contributed by atoms with van der Waals surface area (Å²) in [5, 5.41) is 12.6. The molecule has 1 atom stereocenters. The summed E-state index contributed by atoms with van der Waals surface area (Å²) in [6.45, 7) is 2.83. The minimum atomic E-state index is -0.209. The van der Waals surface area contributed by atoms with Gasteiger partial charge in [0, 0.05) is 29.1 Å². The number of hydrogen-bond acceptors (Lipinski definition) is 3. The van der Waals surface area contributed by atoms with Crippen molar-refractivity contribution in [3.63, 3.8) is 0 Å². The average Bonchev–Trinajstić information content (AvgIpc) is 2.81. The van der Waals surface area contributed by atoms with Crippen molar-refractivity contribution in [2.24, 2.45) is 0 Å². The first-order valence-corrected chi connectivity index (χ1v) is 9.15. The Morgan fingerprint density at radius 3 is 2.72 bits per heavy atom. The number of aromatic nitrogens is 3. The number of amides is 1. The summed E-state index contributed by atoms with van der Waals surface area (Å²) in [5.74, 6) is 1.62. The van der Waals surface area contributed by atoms with Gasteiger partial charge in [0.2, 0.25) is 5.91 Å². The summed E-state index contributed by atoms with van der Waals surface area (Å²) in [5.41, 5.74) is 0.775. The van der Waals surface area contributed by atoms with Crippen LogP contribution in [0.4, 0.5) is 0 Å². The van der Waals surface area contributed by atoms with Gasteiger partial charge in [-0.1, -0.05) is 29.6 Å². The number of rotatable bonds is 4. The van der Waals surface area contributed by atoms with Crippen LogP contribution in [0, 0.1) is 0 Å². The van der Waals surface area contributed by atoms with Crippen LogP contribution in [0.3, 0.4) is 0 Å². The second kappa shape index (κ2) is 8.02. The lowest BCUT2D eigenvalue weighted by atomic mass is 10.2. The highest BCUT2D eigenvalue weighted by atomic mass is 35.5. The molecule has 0 spiro atoms. The van der Waals surface area contributed by atoms with Crippen LogP contribution in [0.25, 0.3) is 6.08 Å². The number of carbonyl (C=O) groups excluding carboxylic acids is 1. The second-order valence-corrected chi connectivity index (χ2v) is 7.08. The van der Waals surface area contributed by atoms with Gasteiger partial charge >= 0.3 is 0 Å². The van der Waals surface area contributed by atoms with E-state index in [-0.39, 0.29) is 11.9 Å². The van der Waals surface area contributed by atoms with Crippen LogP contribution >= 0.6 is 23.2 Å². The number of aryl methyl sites for hydroxylation is 1. The third kappa shape index (κ3) is 4.61. The van der Waals surface area contributed by atoms with Gasteiger partial charge < -0.3 is 9.88 Å². The molecule has 1 unspecified atom stereocenters. The molecule has 2 heterocycles. The minimum Gasteiger partial charge on any atom is -0.343 e. The molecule has 132 valence electrons. The summed E-state index contributed by atoms with van der Waals surface area (Å²) < 4.78 is 2.14. The molecular formula is C18H20Cl2N4O. The van der Waals surface area contributed by atoms with Crippen molar-refractivity contribution in [2.45, 2.75) is 45.2 Å². The Morgan fingerprint density at radius 1 is 1.20 bits per heavy atom. The van der Waals surface area contributed by atoms with E-state index in [2.05, 4.69) is 20.1 Å². The first-order chi connectivity index (χ1) is 12.0. The molecule has 2 aromatic rings. The molecule has 1 aliphatic heterocycles. The summed E-state index contributed by atoms with van der Waals surface area (Å²) in [6, 6.07) is 4.94. The van der Waals surface area contributed by atoms with Gasteiger partial charge in [0.15, 0.2) is 5.82 Å². The lowest BCUT2D eigenvalue weighted by Gasteiger charge is -2.14. The summed E-state index contributed by atoms with van der Waals surface area (Å²) in [4.78, 5) is 12.2. The van der Waals surface area contributed by atoms with E-state index in [9.17, 15) is 4.79 Å². The largest absolute Gasteiger partial charge is 0.343 e. The number of carbonyl (C=O) groups is 1. The van der Waals surface area contributed by atoms with Gasteiger partial charge in [0.1, 0.15) is 5.82 Å². The number of nitrogens with one attached hydrogen (secondary N) is 1. The van der Waals surface area contributed by atoms with Crippen LogP contribution in [0.2, 0.25) is 10.0 Å². The predicted octanol–water partition coefficient (Wildman–Crippen LogP) is 4.20. The van der Waals surface area contributed by atoms with Gasteiger partial charge in [-0.05, 0) is 49.6 Å². The molecule has 0 radical (unpaired) electrons. The summed E-state index contributed by atoms with van der Waals surface area (Å²) in [6.07, 6.45) is 7.57. The van der Waals surface area contributed by atoms with Crippen LogP contribution in [0.15, 0.2) is 24.3 Å². The van der Waals surface area contributed by atoms with Crippen molar-refractivity contribution in [2.75, 3.05) is 0 Å². The highest BCUT2D eigenvalue weighted by Gasteiger charge is 2.19. The fourth-order valence-electron chi connectivity index (χ4n) is 3.00. The van der Waals surface area contributed by atoms with E-state index in [0.717, 1.165) is 43.0 Å². The highest BCUT2D eigenvalue weighted by Crippen LogP contribution is 2.20. The number of hydrogen-bond donors (Lipinski definition) is 1. The Balaban J connectivity index is 1.66. The van der Waals surface area contributed by atoms with Crippen LogP contribution in [0.5, 0.6) is 0 Å². The fraction of sp³-hybridized carbons (Fsp3) is 0.389. The van der Waals surface area contributed by atoms with Crippen molar-refractivity contribution in [3.8, 4) is 0 Å². The minimum absolute atomic E-state index is 0.199. The Bertz CT molecular complexity index is 780. The molecule has 0 saturated heterocycles. The molecule has 7 heteroatoms. The van der Waals surface area contributed by atoms with Gasteiger partial charge in [-0.15, -0.1) is 10.2 Å². The number of benzene rings is 1. The third-order valence-corrected chi connectivity index (χ3v) is 4.63. The lowest BCUT2D eigenvalue weighted by Crippen LogP contribution is -2.27. The van der Waals surface area contributed by atoms with E-state index in [1.165, 1.54) is 12.5 Å². The molecule has 5 nitrogen and oxygen atoms in total. The second-order valence-electron chi connectivity index (χ2n) is 6.20. The first-order valence-electron chi connectivity index (χ1n) is 8.39. The van der Waals surface area contributed by atoms with Crippen LogP contribution in [-0.2, 0) is 17.8 Å². The van der Waals surface area contributed by atoms with Crippen LogP contribution in [0.1, 0.15) is 49.4 Å².